The number of benzene rings is 1. The van der Waals surface area contributed by atoms with Gasteiger partial charge < -0.3 is 4.74 Å². The number of rotatable bonds is 7. The standard InChI is InChI=1S/C29H38F6O2/c1-17(2)23-16-37-25-12-8-20(15-21-7-11-24(36)27(23)26(21)25)19(4-3-13-28(30,31)32)14-18-5-9-22(10-6-18)29(33,34)35/h5-6,9-10,17,19-21,23,25-27H,3-4,7-8,11-16H2,1-2H3/t19?,20-,21-,23-,25?,26?,27?/m1/s1. The number of carbonyl (C=O) groups excluding carboxylic acids is 1. The highest BCUT2D eigenvalue weighted by molar-refractivity contribution is 5.82. The maximum Gasteiger partial charge on any atom is 0.416 e. The van der Waals surface area contributed by atoms with Gasteiger partial charge in [0.25, 0.3) is 0 Å². The first kappa shape index (κ1) is 28.4. The minimum absolute atomic E-state index is 0.00106. The smallest absolute Gasteiger partial charge is 0.378 e. The predicted molar refractivity (Wildman–Crippen MR) is 129 cm³/mol. The van der Waals surface area contributed by atoms with Crippen LogP contribution in [0.4, 0.5) is 26.3 Å². The molecule has 1 heterocycles. The highest BCUT2D eigenvalue weighted by atomic mass is 19.4. The zero-order chi connectivity index (χ0) is 27.0. The van der Waals surface area contributed by atoms with Gasteiger partial charge in [0.15, 0.2) is 0 Å². The summed E-state index contributed by atoms with van der Waals surface area (Å²) in [5.41, 5.74) is -0.00215. The Morgan fingerprint density at radius 3 is 2.32 bits per heavy atom. The van der Waals surface area contributed by atoms with E-state index >= 15 is 0 Å². The Hall–Kier alpha value is -1.57. The van der Waals surface area contributed by atoms with E-state index in [0.29, 0.717) is 43.5 Å². The Bertz CT molecular complexity index is 906. The lowest BCUT2D eigenvalue weighted by atomic mass is 9.60. The van der Waals surface area contributed by atoms with Crippen molar-refractivity contribution < 1.29 is 35.9 Å². The Kier molecular flexibility index (Phi) is 8.66. The predicted octanol–water partition coefficient (Wildman–Crippen LogP) is 8.28. The molecule has 0 bridgehead atoms. The maximum atomic E-state index is 13.0. The molecule has 2 nitrogen and oxygen atoms in total. The summed E-state index contributed by atoms with van der Waals surface area (Å²) in [5, 5.41) is 0. The molecule has 0 N–H and O–H groups in total. The Morgan fingerprint density at radius 1 is 1.00 bits per heavy atom. The molecule has 3 aliphatic rings. The van der Waals surface area contributed by atoms with E-state index < -0.39 is 24.3 Å². The number of hydrogen-bond acceptors (Lipinski definition) is 2. The summed E-state index contributed by atoms with van der Waals surface area (Å²) in [5.74, 6) is 1.41. The summed E-state index contributed by atoms with van der Waals surface area (Å²) in [4.78, 5) is 13.0. The van der Waals surface area contributed by atoms with Crippen molar-refractivity contribution in [2.45, 2.75) is 90.1 Å². The van der Waals surface area contributed by atoms with Crippen LogP contribution in [0.1, 0.15) is 76.3 Å². The molecule has 0 amide bonds. The molecule has 2 aliphatic carbocycles. The van der Waals surface area contributed by atoms with Gasteiger partial charge in [0.2, 0.25) is 0 Å². The first-order valence-corrected chi connectivity index (χ1v) is 13.7. The Morgan fingerprint density at radius 2 is 1.70 bits per heavy atom. The van der Waals surface area contributed by atoms with Gasteiger partial charge >= 0.3 is 12.4 Å². The van der Waals surface area contributed by atoms with Gasteiger partial charge in [-0.25, -0.2) is 0 Å². The lowest BCUT2D eigenvalue weighted by molar-refractivity contribution is -0.159. The van der Waals surface area contributed by atoms with Crippen molar-refractivity contribution in [2.75, 3.05) is 6.61 Å². The van der Waals surface area contributed by atoms with E-state index in [-0.39, 0.29) is 42.1 Å². The number of ether oxygens (including phenoxy) is 1. The molecule has 7 atom stereocenters. The molecule has 0 spiro atoms. The number of alkyl halides is 6. The molecule has 37 heavy (non-hydrogen) atoms. The van der Waals surface area contributed by atoms with E-state index in [1.54, 1.807) is 0 Å². The molecular formula is C29H38F6O2. The van der Waals surface area contributed by atoms with Crippen molar-refractivity contribution in [2.24, 2.45) is 41.4 Å². The fourth-order valence-electron chi connectivity index (χ4n) is 7.38. The third-order valence-electron chi connectivity index (χ3n) is 9.25. The number of ketones is 1. The van der Waals surface area contributed by atoms with E-state index in [1.165, 1.54) is 12.1 Å². The first-order valence-electron chi connectivity index (χ1n) is 13.7. The van der Waals surface area contributed by atoms with Crippen LogP contribution in [0.5, 0.6) is 0 Å². The minimum Gasteiger partial charge on any atom is -0.378 e. The summed E-state index contributed by atoms with van der Waals surface area (Å²) in [6.07, 6.45) is -4.89. The molecule has 2 saturated carbocycles. The van der Waals surface area contributed by atoms with E-state index in [2.05, 4.69) is 13.8 Å². The second kappa shape index (κ2) is 11.3. The van der Waals surface area contributed by atoms with Crippen LogP contribution in [-0.4, -0.2) is 24.7 Å². The van der Waals surface area contributed by atoms with Crippen LogP contribution >= 0.6 is 0 Å². The van der Waals surface area contributed by atoms with Crippen LogP contribution in [0.2, 0.25) is 0 Å². The van der Waals surface area contributed by atoms with Crippen LogP contribution in [0.25, 0.3) is 0 Å². The molecule has 3 fully saturated rings. The summed E-state index contributed by atoms with van der Waals surface area (Å²) >= 11 is 0. The maximum absolute atomic E-state index is 13.0. The molecule has 1 aliphatic heterocycles. The van der Waals surface area contributed by atoms with Gasteiger partial charge in [0.1, 0.15) is 5.78 Å². The lowest BCUT2D eigenvalue weighted by Gasteiger charge is -2.49. The third-order valence-corrected chi connectivity index (χ3v) is 9.25. The van der Waals surface area contributed by atoms with E-state index in [9.17, 15) is 31.1 Å². The number of Topliss-reactive ketones (excluding diaryl/α,β-unsaturated/α-hetero) is 1. The Labute approximate surface area is 215 Å². The second-order valence-electron chi connectivity index (χ2n) is 11.9. The molecular weight excluding hydrogens is 494 g/mol. The zero-order valence-electron chi connectivity index (χ0n) is 21.6. The van der Waals surface area contributed by atoms with Crippen molar-refractivity contribution in [1.29, 1.82) is 0 Å². The number of carbonyl (C=O) groups is 1. The summed E-state index contributed by atoms with van der Waals surface area (Å²) < 4.78 is 84.2. The van der Waals surface area contributed by atoms with E-state index in [1.807, 2.05) is 0 Å². The average molecular weight is 533 g/mol. The first-order chi connectivity index (χ1) is 17.3. The van der Waals surface area contributed by atoms with Crippen LogP contribution in [0, 0.1) is 41.4 Å². The summed E-state index contributed by atoms with van der Waals surface area (Å²) in [6, 6.07) is 5.03. The van der Waals surface area contributed by atoms with Crippen molar-refractivity contribution in [3.63, 3.8) is 0 Å². The SMILES string of the molecule is CC(C)[C@H]1COC2CC[C@@H](C(CCCC(F)(F)F)Cc3ccc(C(F)(F)F)cc3)C[C@H]3CCC(=O)C1C23. The molecule has 208 valence electrons. The molecule has 1 saturated heterocycles. The van der Waals surface area contributed by atoms with Gasteiger partial charge in [-0.05, 0) is 98.1 Å². The van der Waals surface area contributed by atoms with Gasteiger partial charge in [-0.15, -0.1) is 0 Å². The molecule has 8 heteroatoms. The monoisotopic (exact) mass is 532 g/mol. The molecule has 1 aromatic carbocycles. The highest BCUT2D eigenvalue weighted by Crippen LogP contribution is 2.52. The topological polar surface area (TPSA) is 26.3 Å². The fraction of sp³-hybridized carbons (Fsp3) is 0.759. The van der Waals surface area contributed by atoms with Gasteiger partial charge in [-0.1, -0.05) is 26.0 Å². The van der Waals surface area contributed by atoms with Crippen LogP contribution < -0.4 is 0 Å². The van der Waals surface area contributed by atoms with Gasteiger partial charge in [0.05, 0.1) is 18.3 Å². The number of halogens is 6. The lowest BCUT2D eigenvalue weighted by Crippen LogP contribution is -2.52. The van der Waals surface area contributed by atoms with Crippen LogP contribution in [0.15, 0.2) is 24.3 Å². The molecule has 0 radical (unpaired) electrons. The highest BCUT2D eigenvalue weighted by Gasteiger charge is 2.52. The van der Waals surface area contributed by atoms with Gasteiger partial charge in [-0.2, -0.15) is 26.3 Å². The largest absolute Gasteiger partial charge is 0.416 e. The third kappa shape index (κ3) is 6.90. The van der Waals surface area contributed by atoms with Crippen LogP contribution in [-0.2, 0) is 22.1 Å². The second-order valence-corrected chi connectivity index (χ2v) is 11.9. The molecule has 1 aromatic rings. The van der Waals surface area contributed by atoms with Gasteiger partial charge in [-0.3, -0.25) is 4.79 Å². The molecule has 4 unspecified atom stereocenters. The Balaban J connectivity index is 1.54. The van der Waals surface area contributed by atoms with Crippen molar-refractivity contribution in [1.82, 2.24) is 0 Å². The van der Waals surface area contributed by atoms with E-state index in [0.717, 1.165) is 43.4 Å². The van der Waals surface area contributed by atoms with Crippen molar-refractivity contribution in [3.05, 3.63) is 35.4 Å². The van der Waals surface area contributed by atoms with Gasteiger partial charge in [0, 0.05) is 18.8 Å². The average Bonchev–Trinajstić information content (AvgIpc) is 3.00. The van der Waals surface area contributed by atoms with Crippen molar-refractivity contribution >= 4 is 5.78 Å². The fourth-order valence-corrected chi connectivity index (χ4v) is 7.38. The summed E-state index contributed by atoms with van der Waals surface area (Å²) in [6.45, 7) is 4.84. The number of hydrogen-bond donors (Lipinski definition) is 0. The minimum atomic E-state index is -4.43. The molecule has 0 aromatic heterocycles. The van der Waals surface area contributed by atoms with Crippen molar-refractivity contribution in [3.8, 4) is 0 Å². The zero-order valence-corrected chi connectivity index (χ0v) is 21.6. The normalized spacial score (nSPS) is 31.6. The summed E-state index contributed by atoms with van der Waals surface area (Å²) in [7, 11) is 0. The molecule has 4 rings (SSSR count). The van der Waals surface area contributed by atoms with Crippen LogP contribution in [0.3, 0.4) is 0 Å². The quantitative estimate of drug-likeness (QED) is 0.330. The van der Waals surface area contributed by atoms with E-state index in [4.69, 9.17) is 4.74 Å².